The van der Waals surface area contributed by atoms with Crippen LogP contribution in [0.4, 0.5) is 21.1 Å². The number of likely N-dealkylation sites (tertiary alicyclic amines) is 2. The fraction of sp³-hybridized carbons (Fsp3) is 0.281. The lowest BCUT2D eigenvalue weighted by molar-refractivity contribution is -0.120. The fourth-order valence-electron chi connectivity index (χ4n) is 5.73. The Morgan fingerprint density at radius 2 is 1.55 bits per heavy atom. The number of H-pyrrole nitrogens is 1. The van der Waals surface area contributed by atoms with E-state index < -0.39 is 30.2 Å². The fourth-order valence-corrected chi connectivity index (χ4v) is 5.73. The molecule has 44 heavy (non-hydrogen) atoms. The van der Waals surface area contributed by atoms with E-state index >= 15 is 0 Å². The van der Waals surface area contributed by atoms with Gasteiger partial charge < -0.3 is 25.5 Å². The van der Waals surface area contributed by atoms with Crippen LogP contribution in [-0.2, 0) is 20.9 Å². The van der Waals surface area contributed by atoms with Crippen molar-refractivity contribution in [2.75, 3.05) is 23.7 Å². The first-order chi connectivity index (χ1) is 21.4. The van der Waals surface area contributed by atoms with Crippen molar-refractivity contribution < 1.29 is 29.0 Å². The first-order valence-electron chi connectivity index (χ1n) is 14.5. The number of hydrogen-bond donors (Lipinski definition) is 4. The minimum absolute atomic E-state index is 0.150. The lowest BCUT2D eigenvalue weighted by Gasteiger charge is -2.23. The number of ether oxygens (including phenoxy) is 1. The number of rotatable bonds is 7. The molecule has 0 saturated carbocycles. The zero-order chi connectivity index (χ0) is 30.6. The lowest BCUT2D eigenvalue weighted by atomic mass is 10.1. The van der Waals surface area contributed by atoms with E-state index in [4.69, 9.17) is 4.74 Å². The molecule has 2 atom stereocenters. The van der Waals surface area contributed by atoms with Gasteiger partial charge >= 0.3 is 12.2 Å². The van der Waals surface area contributed by atoms with Crippen LogP contribution >= 0.6 is 0 Å². The van der Waals surface area contributed by atoms with Gasteiger partial charge in [0.25, 0.3) is 0 Å². The number of nitrogens with one attached hydrogen (secondary N) is 3. The second-order valence-electron chi connectivity index (χ2n) is 10.9. The topological polar surface area (TPSA) is 157 Å². The molecule has 12 nitrogen and oxygen atoms in total. The Kier molecular flexibility index (Phi) is 8.13. The summed E-state index contributed by atoms with van der Waals surface area (Å²) in [5.41, 5.74) is 4.55. The number of hydrogen-bond acceptors (Lipinski definition) is 6. The van der Waals surface area contributed by atoms with Crippen molar-refractivity contribution in [2.24, 2.45) is 0 Å². The normalized spacial score (nSPS) is 17.9. The minimum atomic E-state index is -1.10. The van der Waals surface area contributed by atoms with E-state index in [1.54, 1.807) is 24.3 Å². The van der Waals surface area contributed by atoms with E-state index in [0.29, 0.717) is 49.4 Å². The predicted octanol–water partition coefficient (Wildman–Crippen LogP) is 5.05. The number of aromatic amines is 1. The Morgan fingerprint density at radius 3 is 2.27 bits per heavy atom. The second kappa shape index (κ2) is 12.5. The van der Waals surface area contributed by atoms with Crippen LogP contribution in [0, 0.1) is 0 Å². The van der Waals surface area contributed by atoms with E-state index in [-0.39, 0.29) is 12.5 Å². The van der Waals surface area contributed by atoms with Crippen molar-refractivity contribution in [3.05, 3.63) is 78.4 Å². The third-order valence-corrected chi connectivity index (χ3v) is 7.99. The highest BCUT2D eigenvalue weighted by molar-refractivity contribution is 5.98. The summed E-state index contributed by atoms with van der Waals surface area (Å²) in [5, 5.41) is 15.0. The van der Waals surface area contributed by atoms with Gasteiger partial charge in [-0.2, -0.15) is 0 Å². The van der Waals surface area contributed by atoms with Gasteiger partial charge in [0.15, 0.2) is 0 Å². The van der Waals surface area contributed by atoms with Crippen molar-refractivity contribution in [1.82, 2.24) is 19.8 Å². The number of pyridine rings is 1. The van der Waals surface area contributed by atoms with Gasteiger partial charge in [0.2, 0.25) is 11.8 Å². The number of amides is 4. The maximum absolute atomic E-state index is 13.1. The van der Waals surface area contributed by atoms with Gasteiger partial charge in [0, 0.05) is 24.5 Å². The summed E-state index contributed by atoms with van der Waals surface area (Å²) >= 11 is 0. The molecule has 4 N–H and O–H groups in total. The van der Waals surface area contributed by atoms with Gasteiger partial charge in [0.05, 0.1) is 11.0 Å². The first-order valence-corrected chi connectivity index (χ1v) is 14.5. The summed E-state index contributed by atoms with van der Waals surface area (Å²) in [6.07, 6.45) is 0.796. The van der Waals surface area contributed by atoms with Crippen LogP contribution in [0.25, 0.3) is 22.3 Å². The largest absolute Gasteiger partial charge is 0.465 e. The van der Waals surface area contributed by atoms with Crippen LogP contribution in [-0.4, -0.2) is 74.0 Å². The molecule has 2 aromatic carbocycles. The summed E-state index contributed by atoms with van der Waals surface area (Å²) in [5.74, 6) is -0.316. The molecule has 0 radical (unpaired) electrons. The highest BCUT2D eigenvalue weighted by atomic mass is 16.6. The van der Waals surface area contributed by atoms with Gasteiger partial charge in [-0.15, -0.1) is 0 Å². The number of carboxylic acid groups (broad SMARTS) is 1. The second-order valence-corrected chi connectivity index (χ2v) is 10.9. The first kappa shape index (κ1) is 28.7. The molecule has 0 bridgehead atoms. The molecule has 2 aliphatic rings. The zero-order valence-corrected chi connectivity index (χ0v) is 23.9. The van der Waals surface area contributed by atoms with Crippen LogP contribution in [0.15, 0.2) is 72.8 Å². The molecule has 2 saturated heterocycles. The van der Waals surface area contributed by atoms with Crippen molar-refractivity contribution in [1.29, 1.82) is 0 Å². The van der Waals surface area contributed by atoms with Gasteiger partial charge in [-0.1, -0.05) is 42.5 Å². The average Bonchev–Trinajstić information content (AvgIpc) is 3.80. The maximum atomic E-state index is 13.1. The molecule has 4 amide bonds. The number of aromatic nitrogens is 2. The number of carbonyl (C=O) groups excluding carboxylic acids is 3. The highest BCUT2D eigenvalue weighted by Crippen LogP contribution is 2.27. The Labute approximate surface area is 253 Å². The maximum Gasteiger partial charge on any atom is 0.410 e. The summed E-state index contributed by atoms with van der Waals surface area (Å²) in [4.78, 5) is 60.4. The van der Waals surface area contributed by atoms with Crippen LogP contribution < -0.4 is 10.6 Å². The number of carbonyl (C=O) groups is 4. The summed E-state index contributed by atoms with van der Waals surface area (Å²) < 4.78 is 5.45. The van der Waals surface area contributed by atoms with Gasteiger partial charge in [-0.05, 0) is 67.1 Å². The Hall–Kier alpha value is -5.39. The molecule has 6 rings (SSSR count). The van der Waals surface area contributed by atoms with Crippen LogP contribution in [0.3, 0.4) is 0 Å². The van der Waals surface area contributed by atoms with Crippen molar-refractivity contribution >= 4 is 46.5 Å². The van der Waals surface area contributed by atoms with E-state index in [9.17, 15) is 24.3 Å². The molecule has 226 valence electrons. The van der Waals surface area contributed by atoms with Gasteiger partial charge in [0.1, 0.15) is 24.5 Å². The number of anilines is 2. The van der Waals surface area contributed by atoms with Crippen molar-refractivity contribution in [3.63, 3.8) is 0 Å². The molecule has 0 spiro atoms. The molecular weight excluding hydrogens is 564 g/mol. The summed E-state index contributed by atoms with van der Waals surface area (Å²) in [7, 11) is 0. The van der Waals surface area contributed by atoms with Crippen molar-refractivity contribution in [3.8, 4) is 11.3 Å². The van der Waals surface area contributed by atoms with Gasteiger partial charge in [-0.3, -0.25) is 19.4 Å². The third kappa shape index (κ3) is 6.19. The molecule has 2 fully saturated rings. The van der Waals surface area contributed by atoms with Gasteiger partial charge in [-0.25, -0.2) is 14.6 Å². The minimum Gasteiger partial charge on any atom is -0.465 e. The number of nitrogens with zero attached hydrogens (tertiary/aromatic N) is 3. The highest BCUT2D eigenvalue weighted by Gasteiger charge is 2.36. The quantitative estimate of drug-likeness (QED) is 0.233. The van der Waals surface area contributed by atoms with E-state index in [0.717, 1.165) is 33.7 Å². The predicted molar refractivity (Wildman–Crippen MR) is 163 cm³/mol. The molecular formula is C32H32N6O6. The molecule has 4 heterocycles. The molecule has 2 aromatic heterocycles. The smallest absolute Gasteiger partial charge is 0.410 e. The molecule has 0 aliphatic carbocycles. The zero-order valence-electron chi connectivity index (χ0n) is 23.9. The Bertz CT molecular complexity index is 1690. The SMILES string of the molecule is O=C(Nc1ccc(-c2cc3nc(NC(=O)[C@@H]4CCCN4C(=O)O)ccc3[nH]2)cc1)C1CCCN1C(=O)OCc1ccccc1. The van der Waals surface area contributed by atoms with Crippen LogP contribution in [0.1, 0.15) is 31.2 Å². The van der Waals surface area contributed by atoms with Crippen LogP contribution in [0.5, 0.6) is 0 Å². The van der Waals surface area contributed by atoms with Crippen molar-refractivity contribution in [2.45, 2.75) is 44.4 Å². The Morgan fingerprint density at radius 1 is 0.864 bits per heavy atom. The molecule has 12 heteroatoms. The molecule has 4 aromatic rings. The average molecular weight is 597 g/mol. The number of benzene rings is 2. The molecule has 2 aliphatic heterocycles. The van der Waals surface area contributed by atoms with Crippen LogP contribution in [0.2, 0.25) is 0 Å². The third-order valence-electron chi connectivity index (χ3n) is 7.99. The van der Waals surface area contributed by atoms with E-state index in [1.807, 2.05) is 48.5 Å². The summed E-state index contributed by atoms with van der Waals surface area (Å²) in [6, 6.07) is 20.7. The standard InChI is InChI=1S/C32H32N6O6/c39-29(27-9-5-17-38(27)32(43)44-19-20-6-2-1-3-7-20)33-22-12-10-21(11-13-22)24-18-25-23(34-24)14-15-28(35-25)36-30(40)26-8-4-16-37(26)31(41)42/h1-3,6-7,10-15,18,26-27,34H,4-5,8-9,16-17,19H2,(H,33,39)(H,41,42)(H,35,36,40)/t26-,27?/m0/s1. The Balaban J connectivity index is 1.07. The summed E-state index contributed by atoms with van der Waals surface area (Å²) in [6.45, 7) is 0.954. The number of fused-ring (bicyclic) bond motifs is 1. The molecule has 1 unspecified atom stereocenters. The monoisotopic (exact) mass is 596 g/mol. The lowest BCUT2D eigenvalue weighted by Crippen LogP contribution is -2.43. The van der Waals surface area contributed by atoms with E-state index in [2.05, 4.69) is 20.6 Å². The van der Waals surface area contributed by atoms with E-state index in [1.165, 1.54) is 4.90 Å².